The van der Waals surface area contributed by atoms with Crippen molar-refractivity contribution in [2.75, 3.05) is 13.1 Å². The van der Waals surface area contributed by atoms with E-state index in [4.69, 9.17) is 0 Å². The lowest BCUT2D eigenvalue weighted by Crippen LogP contribution is -2.40. The number of nitrogens with zero attached hydrogens (tertiary/aromatic N) is 3. The molecule has 0 aliphatic heterocycles. The first kappa shape index (κ1) is 18.1. The quantitative estimate of drug-likeness (QED) is 0.780. The molecule has 1 amide bonds. The van der Waals surface area contributed by atoms with Crippen molar-refractivity contribution in [1.29, 1.82) is 0 Å². The van der Waals surface area contributed by atoms with Crippen LogP contribution in [0.4, 0.5) is 0 Å². The Morgan fingerprint density at radius 3 is 2.63 bits per heavy atom. The van der Waals surface area contributed by atoms with Crippen molar-refractivity contribution in [1.82, 2.24) is 14.9 Å². The van der Waals surface area contributed by atoms with Crippen LogP contribution in [-0.2, 0) is 11.2 Å². The van der Waals surface area contributed by atoms with Crippen molar-refractivity contribution in [3.05, 3.63) is 59.7 Å². The second-order valence-electron chi connectivity index (χ2n) is 7.94. The number of carbonyl (C=O) groups is 1. The lowest BCUT2D eigenvalue weighted by atomic mass is 9.85. The molecule has 2 saturated carbocycles. The van der Waals surface area contributed by atoms with Gasteiger partial charge in [0.15, 0.2) is 0 Å². The summed E-state index contributed by atoms with van der Waals surface area (Å²) in [6.07, 6.45) is 10.9. The van der Waals surface area contributed by atoms with Crippen LogP contribution in [0.25, 0.3) is 0 Å². The summed E-state index contributed by atoms with van der Waals surface area (Å²) < 4.78 is 0. The molecule has 0 saturated heterocycles. The first-order valence-electron chi connectivity index (χ1n) is 9.99. The number of hydrogen-bond donors (Lipinski definition) is 1. The molecule has 0 unspecified atom stereocenters. The molecule has 2 aliphatic rings. The van der Waals surface area contributed by atoms with E-state index in [2.05, 4.69) is 16.0 Å². The van der Waals surface area contributed by atoms with Crippen molar-refractivity contribution in [3.63, 3.8) is 0 Å². The van der Waals surface area contributed by atoms with Gasteiger partial charge in [0.2, 0.25) is 5.91 Å². The van der Waals surface area contributed by atoms with Crippen molar-refractivity contribution in [3.8, 4) is 0 Å². The molecular formula is C22H27N3O2. The fourth-order valence-corrected chi connectivity index (χ4v) is 3.60. The minimum absolute atomic E-state index is 0.0609. The molecule has 0 bridgehead atoms. The van der Waals surface area contributed by atoms with Gasteiger partial charge in [0.1, 0.15) is 0 Å². The second-order valence-corrected chi connectivity index (χ2v) is 7.94. The predicted octanol–water partition coefficient (Wildman–Crippen LogP) is 3.26. The van der Waals surface area contributed by atoms with Gasteiger partial charge in [-0.25, -0.2) is 0 Å². The molecule has 142 valence electrons. The lowest BCUT2D eigenvalue weighted by Gasteiger charge is -2.33. The summed E-state index contributed by atoms with van der Waals surface area (Å²) in [5.74, 6) is 1.25. The first-order chi connectivity index (χ1) is 13.2. The Hall–Kier alpha value is -2.27. The van der Waals surface area contributed by atoms with Gasteiger partial charge < -0.3 is 10.0 Å². The number of hydrogen-bond acceptors (Lipinski definition) is 4. The van der Waals surface area contributed by atoms with Crippen LogP contribution in [0.3, 0.4) is 0 Å². The Kier molecular flexibility index (Phi) is 5.48. The molecule has 2 aromatic rings. The molecule has 0 aromatic carbocycles. The van der Waals surface area contributed by atoms with Gasteiger partial charge in [-0.2, -0.15) is 0 Å². The lowest BCUT2D eigenvalue weighted by molar-refractivity contribution is -0.133. The standard InChI is InChI=1S/C22H27N3O2/c26-21(19-5-2-10-23-13-19)15-25(14-16-3-1-4-16)22(27)11-17-6-9-20(24-12-17)18-7-8-18/h2,5-6,9-10,12-13,16,18,21,26H,1,3-4,7-8,11,14-15H2/t21-/m1/s1. The fraction of sp³-hybridized carbons (Fsp3) is 0.500. The van der Waals surface area contributed by atoms with Gasteiger partial charge in [-0.1, -0.05) is 18.6 Å². The van der Waals surface area contributed by atoms with Gasteiger partial charge in [-0.05, 0) is 49.3 Å². The number of carbonyl (C=O) groups excluding carboxylic acids is 1. The molecule has 27 heavy (non-hydrogen) atoms. The Morgan fingerprint density at radius 2 is 2.04 bits per heavy atom. The van der Waals surface area contributed by atoms with E-state index in [-0.39, 0.29) is 5.91 Å². The van der Waals surface area contributed by atoms with E-state index >= 15 is 0 Å². The van der Waals surface area contributed by atoms with Gasteiger partial charge >= 0.3 is 0 Å². The fourth-order valence-electron chi connectivity index (χ4n) is 3.60. The molecular weight excluding hydrogens is 338 g/mol. The SMILES string of the molecule is O=C(Cc1ccc(C2CC2)nc1)N(CC1CCC1)C[C@@H](O)c1cccnc1. The second kappa shape index (κ2) is 8.17. The zero-order chi connectivity index (χ0) is 18.6. The van der Waals surface area contributed by atoms with Crippen LogP contribution in [0.2, 0.25) is 0 Å². The number of pyridine rings is 2. The summed E-state index contributed by atoms with van der Waals surface area (Å²) in [5, 5.41) is 10.6. The number of aromatic nitrogens is 2. The Morgan fingerprint density at radius 1 is 1.19 bits per heavy atom. The van der Waals surface area contributed by atoms with Crippen LogP contribution in [0.5, 0.6) is 0 Å². The molecule has 2 heterocycles. The number of aliphatic hydroxyl groups excluding tert-OH is 1. The third-order valence-electron chi connectivity index (χ3n) is 5.72. The zero-order valence-corrected chi connectivity index (χ0v) is 15.6. The van der Waals surface area contributed by atoms with Crippen LogP contribution in [0.15, 0.2) is 42.9 Å². The van der Waals surface area contributed by atoms with Gasteiger partial charge in [0, 0.05) is 42.3 Å². The molecule has 0 radical (unpaired) electrons. The topological polar surface area (TPSA) is 66.3 Å². The van der Waals surface area contributed by atoms with Gasteiger partial charge in [0.25, 0.3) is 0 Å². The monoisotopic (exact) mass is 365 g/mol. The van der Waals surface area contributed by atoms with Crippen molar-refractivity contribution >= 4 is 5.91 Å². The maximum atomic E-state index is 13.0. The van der Waals surface area contributed by atoms with Crippen molar-refractivity contribution in [2.24, 2.45) is 5.92 Å². The van der Waals surface area contributed by atoms with Crippen LogP contribution in [0.1, 0.15) is 60.9 Å². The van der Waals surface area contributed by atoms with E-state index in [1.165, 1.54) is 32.1 Å². The molecule has 0 spiro atoms. The maximum absolute atomic E-state index is 13.0. The largest absolute Gasteiger partial charge is 0.386 e. The molecule has 5 heteroatoms. The number of amides is 1. The summed E-state index contributed by atoms with van der Waals surface area (Å²) >= 11 is 0. The van der Waals surface area contributed by atoms with Crippen molar-refractivity contribution in [2.45, 2.75) is 50.5 Å². The predicted molar refractivity (Wildman–Crippen MR) is 103 cm³/mol. The zero-order valence-electron chi connectivity index (χ0n) is 15.6. The molecule has 2 fully saturated rings. The van der Waals surface area contributed by atoms with E-state index < -0.39 is 6.10 Å². The molecule has 2 aromatic heterocycles. The van der Waals surface area contributed by atoms with Crippen LogP contribution < -0.4 is 0 Å². The van der Waals surface area contributed by atoms with Crippen LogP contribution in [0, 0.1) is 5.92 Å². The Bertz CT molecular complexity index is 755. The Labute approximate surface area is 160 Å². The highest BCUT2D eigenvalue weighted by molar-refractivity contribution is 5.78. The first-order valence-corrected chi connectivity index (χ1v) is 9.99. The maximum Gasteiger partial charge on any atom is 0.227 e. The van der Waals surface area contributed by atoms with Gasteiger partial charge in [0.05, 0.1) is 19.1 Å². The summed E-state index contributed by atoms with van der Waals surface area (Å²) in [7, 11) is 0. The molecule has 4 rings (SSSR count). The average Bonchev–Trinajstić information content (AvgIpc) is 3.50. The normalized spacial score (nSPS) is 18.0. The summed E-state index contributed by atoms with van der Waals surface area (Å²) in [6.45, 7) is 1.04. The highest BCUT2D eigenvalue weighted by Gasteiger charge is 2.27. The van der Waals surface area contributed by atoms with E-state index in [0.29, 0.717) is 24.8 Å². The summed E-state index contributed by atoms with van der Waals surface area (Å²) in [4.78, 5) is 23.4. The molecule has 5 nitrogen and oxygen atoms in total. The smallest absolute Gasteiger partial charge is 0.227 e. The average molecular weight is 365 g/mol. The van der Waals surface area contributed by atoms with E-state index in [9.17, 15) is 9.90 Å². The molecule has 1 N–H and O–H groups in total. The minimum Gasteiger partial charge on any atom is -0.386 e. The molecule has 1 atom stereocenters. The van der Waals surface area contributed by atoms with Crippen LogP contribution in [-0.4, -0.2) is 39.0 Å². The van der Waals surface area contributed by atoms with Gasteiger partial charge in [-0.15, -0.1) is 0 Å². The van der Waals surface area contributed by atoms with Crippen LogP contribution >= 0.6 is 0 Å². The Balaban J connectivity index is 1.41. The van der Waals surface area contributed by atoms with E-state index in [1.807, 2.05) is 29.3 Å². The number of aliphatic hydroxyl groups is 1. The minimum atomic E-state index is -0.710. The highest BCUT2D eigenvalue weighted by Crippen LogP contribution is 2.38. The summed E-state index contributed by atoms with van der Waals surface area (Å²) in [6, 6.07) is 7.74. The highest BCUT2D eigenvalue weighted by atomic mass is 16.3. The number of rotatable bonds is 8. The third-order valence-corrected chi connectivity index (χ3v) is 5.72. The van der Waals surface area contributed by atoms with E-state index in [1.54, 1.807) is 12.4 Å². The van der Waals surface area contributed by atoms with E-state index in [0.717, 1.165) is 23.4 Å². The third kappa shape index (κ3) is 4.72. The summed E-state index contributed by atoms with van der Waals surface area (Å²) in [5.41, 5.74) is 2.84. The molecule has 2 aliphatic carbocycles. The van der Waals surface area contributed by atoms with Gasteiger partial charge in [-0.3, -0.25) is 14.8 Å². The van der Waals surface area contributed by atoms with Crippen molar-refractivity contribution < 1.29 is 9.90 Å².